The van der Waals surface area contributed by atoms with Gasteiger partial charge in [-0.3, -0.25) is 0 Å². The Kier molecular flexibility index (Phi) is 6.26. The van der Waals surface area contributed by atoms with Crippen LogP contribution in [0, 0.1) is 0 Å². The molecular weight excluding hydrogens is 518 g/mol. The zero-order valence-electron chi connectivity index (χ0n) is 15.4. The molecule has 0 atom stereocenters. The number of amides is 2. The molecule has 9 heteroatoms. The molecule has 2 aromatic carbocycles. The molecule has 0 spiro atoms. The van der Waals surface area contributed by atoms with Crippen LogP contribution in [-0.4, -0.2) is 35.4 Å². The number of thiol groups is 1. The number of carbonyl (C=O) groups excluding carboxylic acids is 1. The molecule has 29 heavy (non-hydrogen) atoms. The van der Waals surface area contributed by atoms with Crippen molar-refractivity contribution in [3.8, 4) is 0 Å². The van der Waals surface area contributed by atoms with E-state index in [0.29, 0.717) is 5.69 Å². The van der Waals surface area contributed by atoms with E-state index < -0.39 is 0 Å². The van der Waals surface area contributed by atoms with E-state index in [0.717, 1.165) is 51.5 Å². The fraction of sp³-hybridized carbons (Fsp3) is 0.250. The first-order chi connectivity index (χ1) is 14.0. The zero-order chi connectivity index (χ0) is 20.4. The number of aromatic nitrogens is 2. The number of hydrogen-bond donors (Lipinski definition) is 2. The van der Waals surface area contributed by atoms with Crippen LogP contribution in [0.15, 0.2) is 57.6 Å². The van der Waals surface area contributed by atoms with E-state index in [9.17, 15) is 4.79 Å². The van der Waals surface area contributed by atoms with Gasteiger partial charge in [-0.25, -0.2) is 9.10 Å². The molecule has 2 heterocycles. The van der Waals surface area contributed by atoms with E-state index in [1.54, 1.807) is 6.20 Å². The fourth-order valence-corrected chi connectivity index (χ4v) is 4.69. The summed E-state index contributed by atoms with van der Waals surface area (Å²) < 4.78 is 3.18. The minimum atomic E-state index is -0.228. The molecule has 150 valence electrons. The van der Waals surface area contributed by atoms with Gasteiger partial charge in [0.15, 0.2) is 5.82 Å². The van der Waals surface area contributed by atoms with Gasteiger partial charge in [-0.05, 0) is 59.1 Å². The van der Waals surface area contributed by atoms with E-state index in [-0.39, 0.29) is 12.1 Å². The monoisotopic (exact) mass is 535 g/mol. The van der Waals surface area contributed by atoms with E-state index in [2.05, 4.69) is 71.2 Å². The smallest absolute Gasteiger partial charge is 0.332 e. The van der Waals surface area contributed by atoms with Crippen LogP contribution in [0.2, 0.25) is 0 Å². The number of para-hydroxylation sites is 1. The summed E-state index contributed by atoms with van der Waals surface area (Å²) in [5.74, 6) is 0.892. The summed E-state index contributed by atoms with van der Waals surface area (Å²) in [4.78, 5) is 14.8. The molecule has 1 aliphatic heterocycles. The van der Waals surface area contributed by atoms with Gasteiger partial charge in [0.05, 0.1) is 11.9 Å². The number of piperidine rings is 1. The Morgan fingerprint density at radius 3 is 2.69 bits per heavy atom. The van der Waals surface area contributed by atoms with Crippen LogP contribution < -0.4 is 14.5 Å². The molecule has 2 amide bonds. The number of benzene rings is 2. The van der Waals surface area contributed by atoms with Crippen LogP contribution in [0.25, 0.3) is 10.8 Å². The minimum absolute atomic E-state index is 0.0907. The molecule has 1 aromatic heterocycles. The molecule has 3 aromatic rings. The second-order valence-electron chi connectivity index (χ2n) is 6.87. The number of nitrogens with zero attached hydrogens (tertiary/aromatic N) is 4. The third-order valence-electron chi connectivity index (χ3n) is 5.00. The van der Waals surface area contributed by atoms with Crippen molar-refractivity contribution in [3.63, 3.8) is 0 Å². The van der Waals surface area contributed by atoms with E-state index in [4.69, 9.17) is 0 Å². The second-order valence-corrected chi connectivity index (χ2v) is 9.04. The summed E-state index contributed by atoms with van der Waals surface area (Å²) in [6.07, 6.45) is 3.44. The van der Waals surface area contributed by atoms with Crippen LogP contribution in [0.1, 0.15) is 12.8 Å². The van der Waals surface area contributed by atoms with Crippen LogP contribution in [0.5, 0.6) is 0 Å². The molecule has 0 unspecified atom stereocenters. The van der Waals surface area contributed by atoms with Crippen molar-refractivity contribution in [2.75, 3.05) is 22.3 Å². The number of nitrogens with one attached hydrogen (secondary N) is 1. The maximum Gasteiger partial charge on any atom is 0.332 e. The summed E-state index contributed by atoms with van der Waals surface area (Å²) >= 11 is 11.3. The first-order valence-electron chi connectivity index (χ1n) is 9.23. The highest BCUT2D eigenvalue weighted by Crippen LogP contribution is 2.29. The quantitative estimate of drug-likeness (QED) is 0.452. The zero-order valence-corrected chi connectivity index (χ0v) is 19.5. The molecule has 1 N–H and O–H groups in total. The third-order valence-corrected chi connectivity index (χ3v) is 6.56. The molecule has 0 bridgehead atoms. The summed E-state index contributed by atoms with van der Waals surface area (Å²) in [5, 5.41) is 13.8. The molecule has 1 saturated heterocycles. The molecule has 4 rings (SSSR count). The Morgan fingerprint density at radius 2 is 1.93 bits per heavy atom. The molecular formula is C20H19Br2N5OS. The lowest BCUT2D eigenvalue weighted by Crippen LogP contribution is -2.47. The van der Waals surface area contributed by atoms with Gasteiger partial charge in [0.25, 0.3) is 0 Å². The van der Waals surface area contributed by atoms with E-state index in [1.165, 1.54) is 4.31 Å². The van der Waals surface area contributed by atoms with Crippen molar-refractivity contribution in [1.29, 1.82) is 0 Å². The summed E-state index contributed by atoms with van der Waals surface area (Å²) in [7, 11) is 0. The van der Waals surface area contributed by atoms with E-state index >= 15 is 0 Å². The van der Waals surface area contributed by atoms with Crippen LogP contribution in [-0.2, 0) is 0 Å². The van der Waals surface area contributed by atoms with Gasteiger partial charge in [0.1, 0.15) is 0 Å². The number of rotatable bonds is 3. The second kappa shape index (κ2) is 8.89. The molecule has 1 fully saturated rings. The number of carbonyl (C=O) groups is 1. The molecule has 0 saturated carbocycles. The molecule has 0 radical (unpaired) electrons. The van der Waals surface area contributed by atoms with Gasteiger partial charge in [0.2, 0.25) is 0 Å². The first kappa shape index (κ1) is 20.4. The minimum Gasteiger partial charge on any atom is -0.354 e. The standard InChI is InChI=1S/C20H19Br2N5OS/c21-14-5-6-16-13(11-14)12-23-25-19(16)26-9-7-15(8-10-26)24-20(28)27(29)18-4-2-1-3-17(18)22/h1-6,11-12,15,29H,7-10H2,(H,24,28). The van der Waals surface area contributed by atoms with Crippen LogP contribution in [0.4, 0.5) is 16.3 Å². The fourth-order valence-electron chi connectivity index (χ4n) is 3.48. The lowest BCUT2D eigenvalue weighted by Gasteiger charge is -2.34. The van der Waals surface area contributed by atoms with Crippen molar-refractivity contribution >= 4 is 73.0 Å². The van der Waals surface area contributed by atoms with Crippen molar-refractivity contribution in [1.82, 2.24) is 15.5 Å². The average molecular weight is 537 g/mol. The Balaban J connectivity index is 1.40. The van der Waals surface area contributed by atoms with Crippen molar-refractivity contribution < 1.29 is 4.79 Å². The Hall–Kier alpha value is -1.84. The van der Waals surface area contributed by atoms with Crippen LogP contribution >= 0.6 is 44.7 Å². The Labute approximate surface area is 191 Å². The largest absolute Gasteiger partial charge is 0.354 e. The highest BCUT2D eigenvalue weighted by Gasteiger charge is 2.25. The normalized spacial score (nSPS) is 14.8. The number of fused-ring (bicyclic) bond motifs is 1. The van der Waals surface area contributed by atoms with Crippen molar-refractivity contribution in [2.45, 2.75) is 18.9 Å². The van der Waals surface area contributed by atoms with Crippen molar-refractivity contribution in [2.24, 2.45) is 0 Å². The first-order valence-corrected chi connectivity index (χ1v) is 11.2. The lowest BCUT2D eigenvalue weighted by molar-refractivity contribution is 0.243. The predicted molar refractivity (Wildman–Crippen MR) is 127 cm³/mol. The number of hydrogen-bond acceptors (Lipinski definition) is 5. The molecule has 0 aliphatic carbocycles. The lowest BCUT2D eigenvalue weighted by atomic mass is 10.0. The summed E-state index contributed by atoms with van der Waals surface area (Å²) in [5.41, 5.74) is 0.711. The SMILES string of the molecule is O=C(NC1CCN(c2nncc3cc(Br)ccc23)CC1)N(S)c1ccccc1Br. The van der Waals surface area contributed by atoms with Crippen molar-refractivity contribution in [3.05, 3.63) is 57.6 Å². The molecule has 6 nitrogen and oxygen atoms in total. The highest BCUT2D eigenvalue weighted by molar-refractivity contribution is 9.10. The van der Waals surface area contributed by atoms with E-state index in [1.807, 2.05) is 36.4 Å². The number of anilines is 2. The number of urea groups is 1. The van der Waals surface area contributed by atoms with Gasteiger partial charge in [0, 0.05) is 38.8 Å². The number of halogens is 2. The van der Waals surface area contributed by atoms with Gasteiger partial charge in [-0.2, -0.15) is 5.10 Å². The van der Waals surface area contributed by atoms with Crippen LogP contribution in [0.3, 0.4) is 0 Å². The summed E-state index contributed by atoms with van der Waals surface area (Å²) in [6, 6.07) is 13.5. The average Bonchev–Trinajstić information content (AvgIpc) is 2.73. The highest BCUT2D eigenvalue weighted by atomic mass is 79.9. The topological polar surface area (TPSA) is 61.4 Å². The Bertz CT molecular complexity index is 1040. The third kappa shape index (κ3) is 4.51. The maximum atomic E-state index is 12.6. The Morgan fingerprint density at radius 1 is 1.17 bits per heavy atom. The predicted octanol–water partition coefficient (Wildman–Crippen LogP) is 5.18. The molecule has 1 aliphatic rings. The summed E-state index contributed by atoms with van der Waals surface area (Å²) in [6.45, 7) is 1.60. The maximum absolute atomic E-state index is 12.6. The van der Waals surface area contributed by atoms with Gasteiger partial charge < -0.3 is 10.2 Å². The van der Waals surface area contributed by atoms with Gasteiger partial charge in [-0.15, -0.1) is 5.10 Å². The van der Waals surface area contributed by atoms with Gasteiger partial charge >= 0.3 is 6.03 Å². The van der Waals surface area contributed by atoms with Gasteiger partial charge in [-0.1, -0.05) is 40.9 Å².